The molecule has 2 aromatic rings. The molecule has 2 aromatic heterocycles. The molecular formula is C11H15N5O2S2. The van der Waals surface area contributed by atoms with E-state index in [1.165, 1.54) is 11.3 Å². The van der Waals surface area contributed by atoms with Gasteiger partial charge in [0.25, 0.3) is 5.13 Å². The quantitative estimate of drug-likeness (QED) is 0.675. The Kier molecular flexibility index (Phi) is 4.39. The van der Waals surface area contributed by atoms with Gasteiger partial charge in [0.05, 0.1) is 0 Å². The molecule has 0 fully saturated rings. The maximum absolute atomic E-state index is 9.64. The van der Waals surface area contributed by atoms with Crippen molar-refractivity contribution in [1.29, 1.82) is 0 Å². The van der Waals surface area contributed by atoms with E-state index in [0.717, 1.165) is 10.1 Å². The summed E-state index contributed by atoms with van der Waals surface area (Å²) in [6.07, 6.45) is 0. The van der Waals surface area contributed by atoms with Crippen molar-refractivity contribution < 1.29 is 9.63 Å². The number of hydrogen-bond donors (Lipinski definition) is 1. The molecule has 0 aromatic carbocycles. The van der Waals surface area contributed by atoms with Crippen LogP contribution in [0.5, 0.6) is 5.95 Å². The fraction of sp³-hybridized carbons (Fsp3) is 0.545. The minimum Gasteiger partial charge on any atom is -0.478 e. The van der Waals surface area contributed by atoms with E-state index < -0.39 is 0 Å². The molecule has 0 atom stereocenters. The predicted molar refractivity (Wildman–Crippen MR) is 77.4 cm³/mol. The first-order chi connectivity index (χ1) is 9.41. The van der Waals surface area contributed by atoms with E-state index in [4.69, 9.17) is 4.52 Å². The lowest BCUT2D eigenvalue weighted by atomic mass is 9.91. The zero-order valence-electron chi connectivity index (χ0n) is 11.6. The number of nitrogens with zero attached hydrogens (tertiary/aromatic N) is 5. The number of hydrogen-bond acceptors (Lipinski definition) is 9. The van der Waals surface area contributed by atoms with Gasteiger partial charge in [-0.1, -0.05) is 56.0 Å². The number of rotatable bonds is 4. The molecule has 2 rings (SSSR count). The molecule has 108 valence electrons. The molecule has 0 aliphatic carbocycles. The minimum atomic E-state index is -0.341. The molecule has 0 aliphatic rings. The third kappa shape index (κ3) is 3.34. The standard InChI is InChI=1S/C11H15N5O2S2/c1-5-19-10-15-14-9(20-10)13-12-6-7(11(2,3)4)16-18-8(6)17/h17H,5H2,1-4H3. The normalized spacial score (nSPS) is 12.4. The average molecular weight is 313 g/mol. The lowest BCUT2D eigenvalue weighted by molar-refractivity contribution is 0.273. The highest BCUT2D eigenvalue weighted by Gasteiger charge is 2.26. The minimum absolute atomic E-state index is 0.234. The lowest BCUT2D eigenvalue weighted by Gasteiger charge is -2.13. The summed E-state index contributed by atoms with van der Waals surface area (Å²) in [4.78, 5) is 0. The van der Waals surface area contributed by atoms with E-state index in [9.17, 15) is 5.11 Å². The summed E-state index contributed by atoms with van der Waals surface area (Å²) >= 11 is 2.94. The Bertz CT molecular complexity index is 615. The van der Waals surface area contributed by atoms with Crippen molar-refractivity contribution in [2.24, 2.45) is 10.2 Å². The molecule has 9 heteroatoms. The Morgan fingerprint density at radius 3 is 2.70 bits per heavy atom. The van der Waals surface area contributed by atoms with Gasteiger partial charge in [0, 0.05) is 5.41 Å². The molecule has 0 saturated carbocycles. The molecule has 0 unspecified atom stereocenters. The first-order valence-electron chi connectivity index (χ1n) is 5.99. The second kappa shape index (κ2) is 5.88. The van der Waals surface area contributed by atoms with Crippen LogP contribution in [-0.2, 0) is 5.41 Å². The van der Waals surface area contributed by atoms with Gasteiger partial charge >= 0.3 is 5.95 Å². The highest BCUT2D eigenvalue weighted by Crippen LogP contribution is 2.39. The topological polar surface area (TPSA) is 96.8 Å². The average Bonchev–Trinajstić information content (AvgIpc) is 2.93. The number of aromatic nitrogens is 3. The van der Waals surface area contributed by atoms with Crippen LogP contribution in [0.1, 0.15) is 33.4 Å². The summed E-state index contributed by atoms with van der Waals surface area (Å²) in [7, 11) is 0. The molecule has 0 amide bonds. The van der Waals surface area contributed by atoms with Crippen LogP contribution in [0.2, 0.25) is 0 Å². The summed E-state index contributed by atoms with van der Waals surface area (Å²) in [5.74, 6) is 0.582. The molecule has 0 aliphatic heterocycles. The summed E-state index contributed by atoms with van der Waals surface area (Å²) < 4.78 is 5.61. The molecule has 0 radical (unpaired) electrons. The third-order valence-electron chi connectivity index (χ3n) is 2.26. The van der Waals surface area contributed by atoms with Crippen molar-refractivity contribution in [3.8, 4) is 5.95 Å². The van der Waals surface area contributed by atoms with Gasteiger partial charge < -0.3 is 9.63 Å². The zero-order valence-corrected chi connectivity index (χ0v) is 13.2. The van der Waals surface area contributed by atoms with Crippen LogP contribution in [0.25, 0.3) is 0 Å². The van der Waals surface area contributed by atoms with Gasteiger partial charge in [-0.3, -0.25) is 0 Å². The third-order valence-corrected chi connectivity index (χ3v) is 4.08. The van der Waals surface area contributed by atoms with Gasteiger partial charge in [-0.15, -0.1) is 20.4 Å². The lowest BCUT2D eigenvalue weighted by Crippen LogP contribution is -2.11. The maximum atomic E-state index is 9.64. The number of thioether (sulfide) groups is 1. The van der Waals surface area contributed by atoms with E-state index in [0.29, 0.717) is 10.8 Å². The van der Waals surface area contributed by atoms with Crippen LogP contribution < -0.4 is 0 Å². The molecule has 7 nitrogen and oxygen atoms in total. The molecule has 20 heavy (non-hydrogen) atoms. The summed E-state index contributed by atoms with van der Waals surface area (Å²) in [6, 6.07) is 0. The van der Waals surface area contributed by atoms with E-state index in [1.54, 1.807) is 11.8 Å². The van der Waals surface area contributed by atoms with Crippen LogP contribution in [0, 0.1) is 0 Å². The molecular weight excluding hydrogens is 298 g/mol. The first kappa shape index (κ1) is 14.9. The second-order valence-electron chi connectivity index (χ2n) is 4.92. The van der Waals surface area contributed by atoms with Crippen LogP contribution in [0.4, 0.5) is 10.8 Å². The van der Waals surface area contributed by atoms with Crippen molar-refractivity contribution in [2.75, 3.05) is 5.75 Å². The SMILES string of the molecule is CCSc1nnc(N=Nc2c(C(C)(C)C)noc2O)s1. The monoisotopic (exact) mass is 313 g/mol. The van der Waals surface area contributed by atoms with Gasteiger partial charge in [0.1, 0.15) is 5.69 Å². The Hall–Kier alpha value is -1.48. The van der Waals surface area contributed by atoms with Gasteiger partial charge in [-0.2, -0.15) is 0 Å². The van der Waals surface area contributed by atoms with E-state index in [-0.39, 0.29) is 17.0 Å². The van der Waals surface area contributed by atoms with Crippen LogP contribution in [0.15, 0.2) is 19.1 Å². The van der Waals surface area contributed by atoms with Crippen molar-refractivity contribution in [3.05, 3.63) is 5.69 Å². The number of azo groups is 1. The summed E-state index contributed by atoms with van der Waals surface area (Å²) in [5.41, 5.74) is 0.479. The van der Waals surface area contributed by atoms with Crippen LogP contribution >= 0.6 is 23.1 Å². The van der Waals surface area contributed by atoms with Crippen molar-refractivity contribution in [3.63, 3.8) is 0 Å². The number of aromatic hydroxyl groups is 1. The predicted octanol–water partition coefficient (Wildman–Crippen LogP) is 4.06. The molecule has 0 saturated heterocycles. The smallest absolute Gasteiger partial charge is 0.337 e. The highest BCUT2D eigenvalue weighted by atomic mass is 32.2. The van der Waals surface area contributed by atoms with Gasteiger partial charge in [0.2, 0.25) is 0 Å². The largest absolute Gasteiger partial charge is 0.478 e. The van der Waals surface area contributed by atoms with Crippen LogP contribution in [0.3, 0.4) is 0 Å². The Labute approximate surface area is 124 Å². The second-order valence-corrected chi connectivity index (χ2v) is 7.39. The zero-order chi connectivity index (χ0) is 14.8. The molecule has 0 spiro atoms. The molecule has 1 N–H and O–H groups in total. The fourth-order valence-corrected chi connectivity index (χ4v) is 2.94. The Morgan fingerprint density at radius 2 is 2.05 bits per heavy atom. The van der Waals surface area contributed by atoms with Crippen LogP contribution in [-0.4, -0.2) is 26.2 Å². The molecule has 2 heterocycles. The summed E-state index contributed by atoms with van der Waals surface area (Å²) in [5, 5.41) is 29.8. The van der Waals surface area contributed by atoms with Crippen molar-refractivity contribution >= 4 is 33.9 Å². The fourth-order valence-electron chi connectivity index (χ4n) is 1.38. The van der Waals surface area contributed by atoms with E-state index in [1.807, 2.05) is 27.7 Å². The van der Waals surface area contributed by atoms with E-state index in [2.05, 4.69) is 25.6 Å². The molecule has 0 bridgehead atoms. The first-order valence-corrected chi connectivity index (χ1v) is 7.79. The Morgan fingerprint density at radius 1 is 1.30 bits per heavy atom. The Balaban J connectivity index is 2.24. The van der Waals surface area contributed by atoms with Crippen molar-refractivity contribution in [2.45, 2.75) is 37.4 Å². The maximum Gasteiger partial charge on any atom is 0.337 e. The summed E-state index contributed by atoms with van der Waals surface area (Å²) in [6.45, 7) is 7.89. The van der Waals surface area contributed by atoms with Crippen molar-refractivity contribution in [1.82, 2.24) is 15.4 Å². The van der Waals surface area contributed by atoms with Gasteiger partial charge in [-0.05, 0) is 5.75 Å². The van der Waals surface area contributed by atoms with Gasteiger partial charge in [0.15, 0.2) is 10.0 Å². The van der Waals surface area contributed by atoms with E-state index >= 15 is 0 Å². The highest BCUT2D eigenvalue weighted by molar-refractivity contribution is 8.01. The van der Waals surface area contributed by atoms with Gasteiger partial charge in [-0.25, -0.2) is 0 Å².